The first-order valence-corrected chi connectivity index (χ1v) is 7.93. The molecule has 1 aromatic carbocycles. The highest BCUT2D eigenvalue weighted by molar-refractivity contribution is 7.84. The highest BCUT2D eigenvalue weighted by Gasteiger charge is 2.10. The van der Waals surface area contributed by atoms with Gasteiger partial charge in [-0.15, -0.1) is 0 Å². The van der Waals surface area contributed by atoms with Crippen LogP contribution in [-0.2, 0) is 10.8 Å². The average molecular weight is 310 g/mol. The smallest absolute Gasteiger partial charge is 0.319 e. The van der Waals surface area contributed by atoms with Gasteiger partial charge in [-0.2, -0.15) is 5.10 Å². The van der Waals surface area contributed by atoms with Crippen molar-refractivity contribution < 1.29 is 13.4 Å². The standard InChI is InChI=1S/C13H15FN4O2S/c1-21(20)8-6-15-13(19)17-11-9-10(14)3-4-12(11)18-7-2-5-16-18/h2-5,7,9H,6,8H2,1H3,(H2,15,17,19)/t21-/m1/s1. The largest absolute Gasteiger partial charge is 0.337 e. The number of hydrogen-bond donors (Lipinski definition) is 2. The number of carbonyl (C=O) groups is 1. The molecule has 0 spiro atoms. The van der Waals surface area contributed by atoms with Crippen LogP contribution >= 0.6 is 0 Å². The lowest BCUT2D eigenvalue weighted by Crippen LogP contribution is -2.32. The summed E-state index contributed by atoms with van der Waals surface area (Å²) in [6.07, 6.45) is 4.84. The van der Waals surface area contributed by atoms with Crippen molar-refractivity contribution in [2.24, 2.45) is 0 Å². The number of halogens is 1. The van der Waals surface area contributed by atoms with E-state index in [9.17, 15) is 13.4 Å². The predicted octanol–water partition coefficient (Wildman–Crippen LogP) is 1.51. The summed E-state index contributed by atoms with van der Waals surface area (Å²) in [5.74, 6) is -0.0985. The molecule has 1 heterocycles. The Morgan fingerprint density at radius 1 is 1.48 bits per heavy atom. The number of aromatic nitrogens is 2. The number of benzene rings is 1. The SMILES string of the molecule is C[S@@](=O)CCNC(=O)Nc1cc(F)ccc1-n1cccn1. The minimum absolute atomic E-state index is 0.279. The summed E-state index contributed by atoms with van der Waals surface area (Å²) in [5, 5.41) is 9.17. The van der Waals surface area contributed by atoms with Crippen molar-refractivity contribution in [1.82, 2.24) is 15.1 Å². The summed E-state index contributed by atoms with van der Waals surface area (Å²) in [7, 11) is -0.977. The Kier molecular flexibility index (Phi) is 5.04. The third-order valence-corrected chi connectivity index (χ3v) is 3.41. The van der Waals surface area contributed by atoms with Crippen molar-refractivity contribution in [3.05, 3.63) is 42.5 Å². The first-order chi connectivity index (χ1) is 10.1. The van der Waals surface area contributed by atoms with E-state index in [1.165, 1.54) is 22.9 Å². The number of hydrogen-bond acceptors (Lipinski definition) is 3. The summed E-state index contributed by atoms with van der Waals surface area (Å²) >= 11 is 0. The van der Waals surface area contributed by atoms with Crippen LogP contribution in [0.2, 0.25) is 0 Å². The topological polar surface area (TPSA) is 76.0 Å². The van der Waals surface area contributed by atoms with Gasteiger partial charge in [-0.25, -0.2) is 13.9 Å². The number of urea groups is 1. The summed E-state index contributed by atoms with van der Waals surface area (Å²) in [4.78, 5) is 11.8. The van der Waals surface area contributed by atoms with Crippen LogP contribution in [0.25, 0.3) is 5.69 Å². The van der Waals surface area contributed by atoms with Crippen LogP contribution in [0.4, 0.5) is 14.9 Å². The van der Waals surface area contributed by atoms with Gasteiger partial charge in [-0.3, -0.25) is 4.21 Å². The van der Waals surface area contributed by atoms with Gasteiger partial charge in [0.1, 0.15) is 5.82 Å². The van der Waals surface area contributed by atoms with Gasteiger partial charge < -0.3 is 10.6 Å². The fourth-order valence-corrected chi connectivity index (χ4v) is 2.08. The predicted molar refractivity (Wildman–Crippen MR) is 79.5 cm³/mol. The van der Waals surface area contributed by atoms with Crippen LogP contribution in [-0.4, -0.2) is 38.6 Å². The maximum atomic E-state index is 13.4. The molecule has 2 aromatic rings. The molecule has 1 aromatic heterocycles. The Labute approximate surface area is 123 Å². The Morgan fingerprint density at radius 3 is 2.95 bits per heavy atom. The van der Waals surface area contributed by atoms with Crippen LogP contribution in [0, 0.1) is 5.82 Å². The maximum absolute atomic E-state index is 13.4. The molecule has 8 heteroatoms. The second-order valence-electron chi connectivity index (χ2n) is 4.27. The van der Waals surface area contributed by atoms with Crippen molar-refractivity contribution in [2.75, 3.05) is 23.9 Å². The molecule has 112 valence electrons. The Bertz CT molecular complexity index is 646. The molecule has 1 atom stereocenters. The van der Waals surface area contributed by atoms with Gasteiger partial charge >= 0.3 is 6.03 Å². The molecule has 2 amide bonds. The van der Waals surface area contributed by atoms with E-state index in [0.717, 1.165) is 0 Å². The number of anilines is 1. The summed E-state index contributed by atoms with van der Waals surface area (Å²) < 4.78 is 25.8. The van der Waals surface area contributed by atoms with E-state index in [1.807, 2.05) is 0 Å². The molecule has 2 rings (SSSR count). The molecule has 0 unspecified atom stereocenters. The zero-order valence-corrected chi connectivity index (χ0v) is 12.2. The summed E-state index contributed by atoms with van der Waals surface area (Å²) in [6.45, 7) is 0.279. The lowest BCUT2D eigenvalue weighted by atomic mass is 10.2. The van der Waals surface area contributed by atoms with E-state index in [0.29, 0.717) is 17.1 Å². The molecule has 0 aliphatic heterocycles. The Morgan fingerprint density at radius 2 is 2.29 bits per heavy atom. The molecular formula is C13H15FN4O2S. The molecule has 0 saturated carbocycles. The molecular weight excluding hydrogens is 295 g/mol. The summed E-state index contributed by atoms with van der Waals surface area (Å²) in [5.41, 5.74) is 0.851. The van der Waals surface area contributed by atoms with E-state index in [4.69, 9.17) is 0 Å². The van der Waals surface area contributed by atoms with Gasteiger partial charge in [0.15, 0.2) is 0 Å². The van der Waals surface area contributed by atoms with Crippen LogP contribution in [0.3, 0.4) is 0 Å². The van der Waals surface area contributed by atoms with Crippen molar-refractivity contribution >= 4 is 22.5 Å². The first kappa shape index (κ1) is 15.2. The zero-order valence-electron chi connectivity index (χ0n) is 11.4. The molecule has 0 aliphatic carbocycles. The second kappa shape index (κ2) is 6.98. The van der Waals surface area contributed by atoms with Crippen molar-refractivity contribution in [3.63, 3.8) is 0 Å². The highest BCUT2D eigenvalue weighted by atomic mass is 32.2. The third-order valence-electron chi connectivity index (χ3n) is 2.63. The minimum Gasteiger partial charge on any atom is -0.337 e. The van der Waals surface area contributed by atoms with Crippen molar-refractivity contribution in [3.8, 4) is 5.69 Å². The zero-order chi connectivity index (χ0) is 15.2. The lowest BCUT2D eigenvalue weighted by Gasteiger charge is -2.12. The second-order valence-corrected chi connectivity index (χ2v) is 5.82. The molecule has 0 radical (unpaired) electrons. The van der Waals surface area contributed by atoms with Gasteiger partial charge in [0.2, 0.25) is 0 Å². The fraction of sp³-hybridized carbons (Fsp3) is 0.231. The number of nitrogens with zero attached hydrogens (tertiary/aromatic N) is 2. The normalized spacial score (nSPS) is 11.9. The van der Waals surface area contributed by atoms with Crippen molar-refractivity contribution in [2.45, 2.75) is 0 Å². The van der Waals surface area contributed by atoms with Gasteiger partial charge in [0.05, 0.1) is 11.4 Å². The number of rotatable bonds is 5. The third kappa shape index (κ3) is 4.38. The van der Waals surface area contributed by atoms with E-state index in [2.05, 4.69) is 15.7 Å². The van der Waals surface area contributed by atoms with E-state index < -0.39 is 22.6 Å². The molecule has 0 aliphatic rings. The number of nitrogens with one attached hydrogen (secondary N) is 2. The number of carbonyl (C=O) groups excluding carboxylic acids is 1. The van der Waals surface area contributed by atoms with Crippen LogP contribution in [0.15, 0.2) is 36.7 Å². The van der Waals surface area contributed by atoms with E-state index >= 15 is 0 Å². The summed E-state index contributed by atoms with van der Waals surface area (Å²) in [6, 6.07) is 5.28. The fourth-order valence-electron chi connectivity index (χ4n) is 1.69. The van der Waals surface area contributed by atoms with Crippen LogP contribution in [0.1, 0.15) is 0 Å². The monoisotopic (exact) mass is 310 g/mol. The van der Waals surface area contributed by atoms with Gasteiger partial charge in [0.25, 0.3) is 0 Å². The molecule has 0 fully saturated rings. The quantitative estimate of drug-likeness (QED) is 0.879. The molecule has 6 nitrogen and oxygen atoms in total. The minimum atomic E-state index is -0.977. The Balaban J connectivity index is 2.10. The van der Waals surface area contributed by atoms with Crippen molar-refractivity contribution in [1.29, 1.82) is 0 Å². The molecule has 0 saturated heterocycles. The number of amides is 2. The Hall–Kier alpha value is -2.22. The lowest BCUT2D eigenvalue weighted by molar-refractivity contribution is 0.252. The maximum Gasteiger partial charge on any atom is 0.319 e. The first-order valence-electron chi connectivity index (χ1n) is 6.20. The van der Waals surface area contributed by atoms with Gasteiger partial charge in [-0.1, -0.05) is 0 Å². The average Bonchev–Trinajstić information content (AvgIpc) is 2.92. The molecule has 0 bridgehead atoms. The highest BCUT2D eigenvalue weighted by Crippen LogP contribution is 2.20. The van der Waals surface area contributed by atoms with Gasteiger partial charge in [0, 0.05) is 41.7 Å². The van der Waals surface area contributed by atoms with Crippen LogP contribution in [0.5, 0.6) is 0 Å². The van der Waals surface area contributed by atoms with Gasteiger partial charge in [-0.05, 0) is 24.3 Å². The molecule has 21 heavy (non-hydrogen) atoms. The van der Waals surface area contributed by atoms with E-state index in [-0.39, 0.29) is 6.54 Å². The van der Waals surface area contributed by atoms with Crippen LogP contribution < -0.4 is 10.6 Å². The molecule has 2 N–H and O–H groups in total. The van der Waals surface area contributed by atoms with E-state index in [1.54, 1.807) is 24.7 Å².